The molecule has 18 heavy (non-hydrogen) atoms. The summed E-state index contributed by atoms with van der Waals surface area (Å²) in [7, 11) is -3.62. The Morgan fingerprint density at radius 3 is 2.72 bits per heavy atom. The molecule has 1 aliphatic heterocycles. The van der Waals surface area contributed by atoms with Crippen LogP contribution in [0, 0.1) is 0 Å². The lowest BCUT2D eigenvalue weighted by Crippen LogP contribution is -2.47. The number of carboxylic acids is 1. The molecule has 1 fully saturated rings. The molecule has 8 heteroatoms. The molecule has 0 aromatic heterocycles. The summed E-state index contributed by atoms with van der Waals surface area (Å²) in [5.41, 5.74) is 0. The van der Waals surface area contributed by atoms with Gasteiger partial charge in [-0.2, -0.15) is 0 Å². The third-order valence-electron chi connectivity index (χ3n) is 2.61. The topological polar surface area (TPSA) is 110 Å². The third-order valence-corrected chi connectivity index (χ3v) is 4.68. The predicted molar refractivity (Wildman–Crippen MR) is 62.9 cm³/mol. The van der Waals surface area contributed by atoms with Crippen LogP contribution in [0.2, 0.25) is 0 Å². The average molecular weight is 277 g/mol. The monoisotopic (exact) mass is 277 g/mol. The maximum absolute atomic E-state index is 11.5. The highest BCUT2D eigenvalue weighted by Gasteiger charge is 2.39. The molecule has 0 saturated carbocycles. The normalized spacial score (nSPS) is 26.0. The molecule has 0 spiro atoms. The third kappa shape index (κ3) is 3.73. The van der Waals surface area contributed by atoms with Crippen LogP contribution in [0.15, 0.2) is 12.7 Å². The van der Waals surface area contributed by atoms with Gasteiger partial charge in [0, 0.05) is 6.04 Å². The van der Waals surface area contributed by atoms with Crippen molar-refractivity contribution in [2.24, 2.45) is 0 Å². The summed E-state index contributed by atoms with van der Waals surface area (Å²) in [6, 6.07) is -0.507. The van der Waals surface area contributed by atoms with E-state index in [1.807, 2.05) is 0 Å². The molecule has 7 nitrogen and oxygen atoms in total. The zero-order valence-electron chi connectivity index (χ0n) is 9.66. The molecular weight excluding hydrogens is 262 g/mol. The number of carbonyl (C=O) groups excluding carboxylic acids is 1. The van der Waals surface area contributed by atoms with Crippen LogP contribution in [-0.4, -0.2) is 49.2 Å². The van der Waals surface area contributed by atoms with E-state index in [1.165, 1.54) is 6.08 Å². The van der Waals surface area contributed by atoms with Crippen LogP contribution >= 0.6 is 0 Å². The van der Waals surface area contributed by atoms with Gasteiger partial charge >= 0.3 is 12.1 Å². The lowest BCUT2D eigenvalue weighted by atomic mass is 10.1. The number of sulfone groups is 1. The SMILES string of the molecule is C=CCOC(=O)NC1CCS(=O)(=O)C(C(=O)O)C1. The summed E-state index contributed by atoms with van der Waals surface area (Å²) in [6.45, 7) is 3.41. The van der Waals surface area contributed by atoms with Gasteiger partial charge in [-0.25, -0.2) is 13.2 Å². The fraction of sp³-hybridized carbons (Fsp3) is 0.600. The van der Waals surface area contributed by atoms with Gasteiger partial charge in [0.2, 0.25) is 0 Å². The number of amides is 1. The van der Waals surface area contributed by atoms with Crippen molar-refractivity contribution in [3.05, 3.63) is 12.7 Å². The molecule has 2 atom stereocenters. The summed E-state index contributed by atoms with van der Waals surface area (Å²) in [6.07, 6.45) is 0.740. The lowest BCUT2D eigenvalue weighted by molar-refractivity contribution is -0.136. The van der Waals surface area contributed by atoms with Crippen molar-refractivity contribution in [2.45, 2.75) is 24.1 Å². The number of ether oxygens (including phenoxy) is 1. The number of rotatable bonds is 4. The highest BCUT2D eigenvalue weighted by Crippen LogP contribution is 2.20. The largest absolute Gasteiger partial charge is 0.480 e. The summed E-state index contributed by atoms with van der Waals surface area (Å²) < 4.78 is 27.7. The Bertz CT molecular complexity index is 443. The Balaban J connectivity index is 2.59. The molecule has 0 bridgehead atoms. The van der Waals surface area contributed by atoms with E-state index >= 15 is 0 Å². The van der Waals surface area contributed by atoms with Gasteiger partial charge < -0.3 is 15.2 Å². The van der Waals surface area contributed by atoms with E-state index in [-0.39, 0.29) is 25.2 Å². The molecule has 0 aromatic rings. The Morgan fingerprint density at radius 2 is 2.17 bits per heavy atom. The van der Waals surface area contributed by atoms with Gasteiger partial charge in [-0.1, -0.05) is 12.7 Å². The van der Waals surface area contributed by atoms with Crippen LogP contribution in [0.25, 0.3) is 0 Å². The summed E-state index contributed by atoms with van der Waals surface area (Å²) in [4.78, 5) is 22.1. The molecule has 0 radical (unpaired) electrons. The number of alkyl carbamates (subject to hydrolysis) is 1. The fourth-order valence-corrected chi connectivity index (χ4v) is 3.43. The van der Waals surface area contributed by atoms with Crippen molar-refractivity contribution in [3.8, 4) is 0 Å². The summed E-state index contributed by atoms with van der Waals surface area (Å²) in [5, 5.41) is 9.81. The van der Waals surface area contributed by atoms with Crippen molar-refractivity contribution in [1.82, 2.24) is 5.32 Å². The van der Waals surface area contributed by atoms with Crippen molar-refractivity contribution >= 4 is 21.9 Å². The second kappa shape index (κ2) is 5.85. The van der Waals surface area contributed by atoms with Gasteiger partial charge in [0.15, 0.2) is 15.1 Å². The van der Waals surface area contributed by atoms with Gasteiger partial charge in [-0.15, -0.1) is 0 Å². The van der Waals surface area contributed by atoms with Gasteiger partial charge in [-0.05, 0) is 12.8 Å². The number of hydrogen-bond acceptors (Lipinski definition) is 5. The maximum atomic E-state index is 11.5. The van der Waals surface area contributed by atoms with Gasteiger partial charge in [0.25, 0.3) is 0 Å². The van der Waals surface area contributed by atoms with Crippen LogP contribution in [0.1, 0.15) is 12.8 Å². The molecule has 0 aromatic carbocycles. The first-order valence-electron chi connectivity index (χ1n) is 5.35. The summed E-state index contributed by atoms with van der Waals surface area (Å²) >= 11 is 0. The molecule has 102 valence electrons. The van der Waals surface area contributed by atoms with Gasteiger partial charge in [0.05, 0.1) is 5.75 Å². The molecule has 1 aliphatic rings. The molecular formula is C10H15NO6S. The number of carbonyl (C=O) groups is 2. The van der Waals surface area contributed by atoms with Crippen LogP contribution < -0.4 is 5.32 Å². The van der Waals surface area contributed by atoms with Crippen LogP contribution in [0.5, 0.6) is 0 Å². The van der Waals surface area contributed by atoms with E-state index in [2.05, 4.69) is 16.6 Å². The molecule has 2 N–H and O–H groups in total. The van der Waals surface area contributed by atoms with E-state index in [9.17, 15) is 18.0 Å². The van der Waals surface area contributed by atoms with Crippen molar-refractivity contribution in [3.63, 3.8) is 0 Å². The van der Waals surface area contributed by atoms with E-state index in [0.717, 1.165) is 0 Å². The second-order valence-electron chi connectivity index (χ2n) is 3.95. The standard InChI is InChI=1S/C10H15NO6S/c1-2-4-17-10(14)11-7-3-5-18(15,16)8(6-7)9(12)13/h2,7-8H,1,3-6H2,(H,11,14)(H,12,13). The first-order chi connectivity index (χ1) is 8.36. The molecule has 1 saturated heterocycles. The minimum atomic E-state index is -3.62. The van der Waals surface area contributed by atoms with Crippen molar-refractivity contribution < 1.29 is 27.9 Å². The molecule has 1 rings (SSSR count). The zero-order valence-corrected chi connectivity index (χ0v) is 10.5. The quantitative estimate of drug-likeness (QED) is 0.696. The van der Waals surface area contributed by atoms with E-state index in [1.54, 1.807) is 0 Å². The highest BCUT2D eigenvalue weighted by molar-refractivity contribution is 7.92. The van der Waals surface area contributed by atoms with E-state index in [0.29, 0.717) is 0 Å². The number of nitrogens with one attached hydrogen (secondary N) is 1. The Hall–Kier alpha value is -1.57. The maximum Gasteiger partial charge on any atom is 0.407 e. The van der Waals surface area contributed by atoms with Gasteiger partial charge in [0.1, 0.15) is 6.61 Å². The Labute approximate surface area is 105 Å². The predicted octanol–water partition coefficient (Wildman–Crippen LogP) is -0.0710. The fourth-order valence-electron chi connectivity index (χ4n) is 1.70. The number of hydrogen-bond donors (Lipinski definition) is 2. The van der Waals surface area contributed by atoms with Crippen molar-refractivity contribution in [2.75, 3.05) is 12.4 Å². The van der Waals surface area contributed by atoms with Crippen LogP contribution in [-0.2, 0) is 19.4 Å². The molecule has 1 heterocycles. The number of aliphatic carboxylic acids is 1. The first kappa shape index (κ1) is 14.5. The molecule has 0 aliphatic carbocycles. The highest BCUT2D eigenvalue weighted by atomic mass is 32.2. The average Bonchev–Trinajstić information content (AvgIpc) is 2.28. The minimum absolute atomic E-state index is 0.0409. The summed E-state index contributed by atoms with van der Waals surface area (Å²) in [5.74, 6) is -1.64. The van der Waals surface area contributed by atoms with Gasteiger partial charge in [-0.3, -0.25) is 4.79 Å². The zero-order chi connectivity index (χ0) is 13.8. The molecule has 2 unspecified atom stereocenters. The van der Waals surface area contributed by atoms with E-state index < -0.39 is 33.2 Å². The Kier molecular flexibility index (Phi) is 4.71. The first-order valence-corrected chi connectivity index (χ1v) is 7.07. The lowest BCUT2D eigenvalue weighted by Gasteiger charge is -2.27. The minimum Gasteiger partial charge on any atom is -0.480 e. The second-order valence-corrected chi connectivity index (χ2v) is 6.25. The Morgan fingerprint density at radius 1 is 1.50 bits per heavy atom. The van der Waals surface area contributed by atoms with Crippen LogP contribution in [0.3, 0.4) is 0 Å². The number of carboxylic acid groups (broad SMARTS) is 1. The smallest absolute Gasteiger partial charge is 0.407 e. The van der Waals surface area contributed by atoms with E-state index in [4.69, 9.17) is 5.11 Å². The van der Waals surface area contributed by atoms with Crippen molar-refractivity contribution in [1.29, 1.82) is 0 Å². The molecule has 1 amide bonds. The van der Waals surface area contributed by atoms with Crippen LogP contribution in [0.4, 0.5) is 4.79 Å².